The van der Waals surface area contributed by atoms with E-state index in [-0.39, 0.29) is 0 Å². The average molecular weight is 238 g/mol. The summed E-state index contributed by atoms with van der Waals surface area (Å²) < 4.78 is 0. The molecule has 0 amide bonds. The monoisotopic (exact) mass is 238 g/mol. The van der Waals surface area contributed by atoms with Gasteiger partial charge in [0.15, 0.2) is 0 Å². The fourth-order valence-corrected chi connectivity index (χ4v) is 2.17. The van der Waals surface area contributed by atoms with Gasteiger partial charge in [0.1, 0.15) is 0 Å². The van der Waals surface area contributed by atoms with E-state index in [0.717, 1.165) is 17.8 Å². The summed E-state index contributed by atoms with van der Waals surface area (Å²) in [6, 6.07) is 0. The van der Waals surface area contributed by atoms with Crippen molar-refractivity contribution in [2.75, 3.05) is 0 Å². The Hall–Kier alpha value is -0.260. The van der Waals surface area contributed by atoms with Crippen LogP contribution in [0.4, 0.5) is 0 Å². The van der Waals surface area contributed by atoms with Crippen LogP contribution in [0.3, 0.4) is 0 Å². The van der Waals surface area contributed by atoms with Crippen molar-refractivity contribution in [3.05, 3.63) is 11.6 Å². The third-order valence-electron chi connectivity index (χ3n) is 4.80. The van der Waals surface area contributed by atoms with Crippen LogP contribution in [0.25, 0.3) is 0 Å². The van der Waals surface area contributed by atoms with Gasteiger partial charge in [-0.15, -0.1) is 0 Å². The minimum atomic E-state index is 0.443. The van der Waals surface area contributed by atoms with Crippen molar-refractivity contribution < 1.29 is 0 Å². The second-order valence-electron chi connectivity index (χ2n) is 6.84. The summed E-state index contributed by atoms with van der Waals surface area (Å²) in [5.41, 5.74) is 2.11. The highest BCUT2D eigenvalue weighted by Gasteiger charge is 2.21. The van der Waals surface area contributed by atoms with Gasteiger partial charge in [0.25, 0.3) is 0 Å². The molecule has 3 atom stereocenters. The van der Waals surface area contributed by atoms with Gasteiger partial charge < -0.3 is 0 Å². The molecule has 0 aromatic carbocycles. The van der Waals surface area contributed by atoms with Crippen molar-refractivity contribution in [1.29, 1.82) is 0 Å². The number of hydrogen-bond acceptors (Lipinski definition) is 0. The molecule has 0 bridgehead atoms. The van der Waals surface area contributed by atoms with Gasteiger partial charge in [-0.1, -0.05) is 66.5 Å². The summed E-state index contributed by atoms with van der Waals surface area (Å²) >= 11 is 0. The maximum absolute atomic E-state index is 2.39. The van der Waals surface area contributed by atoms with Crippen LogP contribution in [-0.4, -0.2) is 0 Å². The predicted molar refractivity (Wildman–Crippen MR) is 80.2 cm³/mol. The lowest BCUT2D eigenvalue weighted by molar-refractivity contribution is 0.244. The minimum absolute atomic E-state index is 0.443. The summed E-state index contributed by atoms with van der Waals surface area (Å²) in [6.45, 7) is 18.7. The summed E-state index contributed by atoms with van der Waals surface area (Å²) in [5, 5.41) is 0. The fraction of sp³-hybridized carbons (Fsp3) is 0.882. The van der Waals surface area contributed by atoms with E-state index in [2.05, 4.69) is 61.5 Å². The van der Waals surface area contributed by atoms with Gasteiger partial charge in [0.05, 0.1) is 0 Å². The fourth-order valence-electron chi connectivity index (χ4n) is 2.17. The maximum Gasteiger partial charge on any atom is -0.0206 e. The van der Waals surface area contributed by atoms with Crippen molar-refractivity contribution in [2.24, 2.45) is 23.2 Å². The van der Waals surface area contributed by atoms with Gasteiger partial charge in [-0.2, -0.15) is 0 Å². The van der Waals surface area contributed by atoms with Crippen LogP contribution in [0.2, 0.25) is 0 Å². The SMILES string of the molecule is CC=C(CCC(C)C(C)(C)C)C(C)C(C)CC. The summed E-state index contributed by atoms with van der Waals surface area (Å²) in [4.78, 5) is 0. The van der Waals surface area contributed by atoms with E-state index in [4.69, 9.17) is 0 Å². The topological polar surface area (TPSA) is 0 Å². The molecule has 0 radical (unpaired) electrons. The molecular formula is C17H34. The standard InChI is InChI=1S/C17H34/c1-9-13(3)15(5)16(10-2)12-11-14(4)17(6,7)8/h10,13-15H,9,11-12H2,1-8H3. The van der Waals surface area contributed by atoms with E-state index in [9.17, 15) is 0 Å². The van der Waals surface area contributed by atoms with Gasteiger partial charge in [-0.3, -0.25) is 0 Å². The van der Waals surface area contributed by atoms with Crippen molar-refractivity contribution in [1.82, 2.24) is 0 Å². The number of allylic oxidation sites excluding steroid dienone is 2. The molecule has 17 heavy (non-hydrogen) atoms. The highest BCUT2D eigenvalue weighted by molar-refractivity contribution is 5.06. The van der Waals surface area contributed by atoms with Crippen LogP contribution < -0.4 is 0 Å². The second-order valence-corrected chi connectivity index (χ2v) is 6.84. The molecule has 0 rings (SSSR count). The lowest BCUT2D eigenvalue weighted by Crippen LogP contribution is -2.18. The van der Waals surface area contributed by atoms with Gasteiger partial charge in [-0.25, -0.2) is 0 Å². The van der Waals surface area contributed by atoms with Crippen LogP contribution in [0, 0.1) is 23.2 Å². The van der Waals surface area contributed by atoms with Crippen LogP contribution in [0.15, 0.2) is 11.6 Å². The lowest BCUT2D eigenvalue weighted by Gasteiger charge is -2.29. The molecule has 0 heterocycles. The number of rotatable bonds is 6. The van der Waals surface area contributed by atoms with Crippen LogP contribution in [0.5, 0.6) is 0 Å². The molecule has 0 aromatic heterocycles. The van der Waals surface area contributed by atoms with Gasteiger partial charge in [0.2, 0.25) is 0 Å². The van der Waals surface area contributed by atoms with Crippen LogP contribution >= 0.6 is 0 Å². The molecule has 0 spiro atoms. The zero-order chi connectivity index (χ0) is 13.6. The van der Waals surface area contributed by atoms with Crippen LogP contribution in [-0.2, 0) is 0 Å². The van der Waals surface area contributed by atoms with Gasteiger partial charge in [0, 0.05) is 0 Å². The quantitative estimate of drug-likeness (QED) is 0.492. The summed E-state index contributed by atoms with van der Waals surface area (Å²) in [6.07, 6.45) is 6.24. The summed E-state index contributed by atoms with van der Waals surface area (Å²) in [5.74, 6) is 2.35. The molecule has 0 aromatic rings. The highest BCUT2D eigenvalue weighted by Crippen LogP contribution is 2.33. The Morgan fingerprint density at radius 3 is 2.00 bits per heavy atom. The molecule has 0 heteroatoms. The Morgan fingerprint density at radius 1 is 1.12 bits per heavy atom. The molecule has 0 saturated carbocycles. The predicted octanol–water partition coefficient (Wildman–Crippen LogP) is 6.08. The Kier molecular flexibility index (Phi) is 7.13. The Balaban J connectivity index is 4.35. The van der Waals surface area contributed by atoms with Crippen molar-refractivity contribution in [2.45, 2.75) is 74.7 Å². The third kappa shape index (κ3) is 5.75. The zero-order valence-electron chi connectivity index (χ0n) is 13.4. The van der Waals surface area contributed by atoms with Crippen molar-refractivity contribution in [3.63, 3.8) is 0 Å². The normalized spacial score (nSPS) is 18.9. The molecule has 0 aliphatic rings. The zero-order valence-corrected chi connectivity index (χ0v) is 13.4. The van der Waals surface area contributed by atoms with E-state index in [1.54, 1.807) is 5.57 Å². The van der Waals surface area contributed by atoms with E-state index in [1.807, 2.05) is 0 Å². The lowest BCUT2D eigenvalue weighted by atomic mass is 9.77. The largest absolute Gasteiger partial charge is 0.0882 e. The molecule has 0 aliphatic heterocycles. The molecule has 0 saturated heterocycles. The average Bonchev–Trinajstić information content (AvgIpc) is 2.26. The minimum Gasteiger partial charge on any atom is -0.0882 e. The third-order valence-corrected chi connectivity index (χ3v) is 4.80. The molecule has 0 nitrogen and oxygen atoms in total. The first-order chi connectivity index (χ1) is 7.73. The smallest absolute Gasteiger partial charge is 0.0206 e. The molecule has 102 valence electrons. The molecule has 3 unspecified atom stereocenters. The van der Waals surface area contributed by atoms with E-state index >= 15 is 0 Å². The first kappa shape index (κ1) is 16.7. The van der Waals surface area contributed by atoms with E-state index in [1.165, 1.54) is 19.3 Å². The Labute approximate surface area is 110 Å². The first-order valence-corrected chi connectivity index (χ1v) is 7.39. The Morgan fingerprint density at radius 2 is 1.65 bits per heavy atom. The van der Waals surface area contributed by atoms with Gasteiger partial charge in [-0.05, 0) is 42.9 Å². The summed E-state index contributed by atoms with van der Waals surface area (Å²) in [7, 11) is 0. The maximum atomic E-state index is 2.39. The molecule has 0 aliphatic carbocycles. The highest BCUT2D eigenvalue weighted by atomic mass is 14.3. The molecule has 0 N–H and O–H groups in total. The van der Waals surface area contributed by atoms with Gasteiger partial charge >= 0.3 is 0 Å². The number of hydrogen-bond donors (Lipinski definition) is 0. The van der Waals surface area contributed by atoms with Crippen molar-refractivity contribution in [3.8, 4) is 0 Å². The van der Waals surface area contributed by atoms with E-state index < -0.39 is 0 Å². The van der Waals surface area contributed by atoms with E-state index in [0.29, 0.717) is 5.41 Å². The van der Waals surface area contributed by atoms with Crippen molar-refractivity contribution >= 4 is 0 Å². The van der Waals surface area contributed by atoms with Crippen LogP contribution in [0.1, 0.15) is 74.7 Å². The molecule has 0 fully saturated rings. The molecular weight excluding hydrogens is 204 g/mol. The first-order valence-electron chi connectivity index (χ1n) is 7.39. The Bertz CT molecular complexity index is 229. The second kappa shape index (κ2) is 7.24.